The van der Waals surface area contributed by atoms with E-state index in [2.05, 4.69) is 11.0 Å². The summed E-state index contributed by atoms with van der Waals surface area (Å²) in [4.78, 5) is 17.4. The number of piperazine rings is 1. The van der Waals surface area contributed by atoms with Gasteiger partial charge >= 0.3 is 0 Å². The molecule has 3 aromatic rings. The van der Waals surface area contributed by atoms with Crippen molar-refractivity contribution in [1.29, 1.82) is 0 Å². The van der Waals surface area contributed by atoms with E-state index >= 15 is 0 Å². The normalized spacial score (nSPS) is 13.8. The largest absolute Gasteiger partial charge is 0.497 e. The second kappa shape index (κ2) is 9.35. The summed E-state index contributed by atoms with van der Waals surface area (Å²) in [5, 5.41) is 0. The van der Waals surface area contributed by atoms with Gasteiger partial charge in [-0.2, -0.15) is 0 Å². The molecule has 0 N–H and O–H groups in total. The minimum Gasteiger partial charge on any atom is -0.497 e. The average Bonchev–Trinajstić information content (AvgIpc) is 2.83. The predicted octanol–water partition coefficient (Wildman–Crippen LogP) is 4.24. The third-order valence-corrected chi connectivity index (χ3v) is 5.37. The summed E-state index contributed by atoms with van der Waals surface area (Å²) < 4.78 is 11.2. The number of amides is 1. The van der Waals surface area contributed by atoms with Gasteiger partial charge in [-0.25, -0.2) is 0 Å². The SMILES string of the molecule is COc1cccc(N2CCN(C(=O)c3ccccc3COc3ccccc3)CC2)c1. The van der Waals surface area contributed by atoms with E-state index in [1.165, 1.54) is 0 Å². The molecule has 1 heterocycles. The van der Waals surface area contributed by atoms with Crippen molar-refractivity contribution in [1.82, 2.24) is 4.90 Å². The monoisotopic (exact) mass is 402 g/mol. The van der Waals surface area contributed by atoms with E-state index in [0.29, 0.717) is 25.3 Å². The number of nitrogens with zero attached hydrogens (tertiary/aromatic N) is 2. The van der Waals surface area contributed by atoms with Gasteiger partial charge < -0.3 is 19.3 Å². The summed E-state index contributed by atoms with van der Waals surface area (Å²) in [6.07, 6.45) is 0. The van der Waals surface area contributed by atoms with Gasteiger partial charge in [0.1, 0.15) is 18.1 Å². The molecule has 0 saturated carbocycles. The van der Waals surface area contributed by atoms with Gasteiger partial charge in [0.05, 0.1) is 7.11 Å². The Morgan fingerprint density at radius 1 is 0.833 bits per heavy atom. The van der Waals surface area contributed by atoms with E-state index in [9.17, 15) is 4.79 Å². The van der Waals surface area contributed by atoms with Crippen LogP contribution in [0.25, 0.3) is 0 Å². The third kappa shape index (κ3) is 4.57. The number of carbonyl (C=O) groups excluding carboxylic acids is 1. The van der Waals surface area contributed by atoms with Gasteiger partial charge in [0.25, 0.3) is 5.91 Å². The molecule has 3 aromatic carbocycles. The molecule has 1 saturated heterocycles. The maximum Gasteiger partial charge on any atom is 0.254 e. The van der Waals surface area contributed by atoms with E-state index in [0.717, 1.165) is 35.8 Å². The molecular formula is C25H26N2O3. The number of anilines is 1. The van der Waals surface area contributed by atoms with Crippen LogP contribution >= 0.6 is 0 Å². The number of ether oxygens (including phenoxy) is 2. The average molecular weight is 402 g/mol. The van der Waals surface area contributed by atoms with E-state index in [4.69, 9.17) is 9.47 Å². The van der Waals surface area contributed by atoms with Crippen molar-refractivity contribution in [3.63, 3.8) is 0 Å². The van der Waals surface area contributed by atoms with E-state index in [1.807, 2.05) is 77.7 Å². The number of para-hydroxylation sites is 1. The Morgan fingerprint density at radius 3 is 2.30 bits per heavy atom. The standard InChI is InChI=1S/C25H26N2O3/c1-29-23-12-7-9-21(18-23)26-14-16-27(17-15-26)25(28)24-13-6-5-8-20(24)19-30-22-10-3-2-4-11-22/h2-13,18H,14-17,19H2,1H3. The Morgan fingerprint density at radius 2 is 1.53 bits per heavy atom. The van der Waals surface area contributed by atoms with E-state index in [1.54, 1.807) is 7.11 Å². The van der Waals surface area contributed by atoms with Gasteiger partial charge in [-0.05, 0) is 30.3 Å². The highest BCUT2D eigenvalue weighted by Gasteiger charge is 2.24. The smallest absolute Gasteiger partial charge is 0.254 e. The highest BCUT2D eigenvalue weighted by molar-refractivity contribution is 5.95. The molecule has 1 fully saturated rings. The first kappa shape index (κ1) is 19.8. The molecule has 5 nitrogen and oxygen atoms in total. The van der Waals surface area contributed by atoms with E-state index < -0.39 is 0 Å². The fraction of sp³-hybridized carbons (Fsp3) is 0.240. The van der Waals surface area contributed by atoms with E-state index in [-0.39, 0.29) is 5.91 Å². The molecule has 1 aliphatic heterocycles. The molecular weight excluding hydrogens is 376 g/mol. The van der Waals surface area contributed by atoms with Crippen molar-refractivity contribution in [3.05, 3.63) is 90.0 Å². The topological polar surface area (TPSA) is 42.0 Å². The summed E-state index contributed by atoms with van der Waals surface area (Å²) in [5.74, 6) is 1.71. The molecule has 0 atom stereocenters. The van der Waals surface area contributed by atoms with Gasteiger partial charge in [-0.15, -0.1) is 0 Å². The zero-order chi connectivity index (χ0) is 20.8. The van der Waals surface area contributed by atoms with Crippen molar-refractivity contribution >= 4 is 11.6 Å². The molecule has 30 heavy (non-hydrogen) atoms. The first-order valence-electron chi connectivity index (χ1n) is 10.2. The number of hydrogen-bond acceptors (Lipinski definition) is 4. The van der Waals surface area contributed by atoms with Gasteiger partial charge in [0, 0.05) is 49.1 Å². The van der Waals surface area contributed by atoms with Crippen LogP contribution in [0.3, 0.4) is 0 Å². The molecule has 4 rings (SSSR count). The fourth-order valence-corrected chi connectivity index (χ4v) is 3.68. The van der Waals surface area contributed by atoms with Crippen LogP contribution in [0.4, 0.5) is 5.69 Å². The van der Waals surface area contributed by atoms with Crippen LogP contribution in [-0.4, -0.2) is 44.1 Å². The summed E-state index contributed by atoms with van der Waals surface area (Å²) in [5.41, 5.74) is 2.74. The van der Waals surface area contributed by atoms with Crippen LogP contribution in [-0.2, 0) is 6.61 Å². The third-order valence-electron chi connectivity index (χ3n) is 5.37. The molecule has 1 aliphatic rings. The van der Waals surface area contributed by atoms with Gasteiger partial charge in [-0.1, -0.05) is 42.5 Å². The Labute approximate surface area is 177 Å². The zero-order valence-corrected chi connectivity index (χ0v) is 17.2. The highest BCUT2D eigenvalue weighted by atomic mass is 16.5. The molecule has 0 bridgehead atoms. The van der Waals surface area contributed by atoms with Crippen molar-refractivity contribution in [2.24, 2.45) is 0 Å². The molecule has 154 valence electrons. The van der Waals surface area contributed by atoms with Crippen LogP contribution < -0.4 is 14.4 Å². The van der Waals surface area contributed by atoms with Gasteiger partial charge in [-0.3, -0.25) is 4.79 Å². The number of carbonyl (C=O) groups is 1. The number of hydrogen-bond donors (Lipinski definition) is 0. The lowest BCUT2D eigenvalue weighted by Crippen LogP contribution is -2.49. The predicted molar refractivity (Wildman–Crippen MR) is 118 cm³/mol. The molecule has 0 spiro atoms. The zero-order valence-electron chi connectivity index (χ0n) is 17.2. The summed E-state index contributed by atoms with van der Waals surface area (Å²) in [6, 6.07) is 25.4. The molecule has 0 aromatic heterocycles. The van der Waals surface area contributed by atoms with Crippen LogP contribution in [0.15, 0.2) is 78.9 Å². The maximum atomic E-state index is 13.2. The summed E-state index contributed by atoms with van der Waals surface area (Å²) in [6.45, 7) is 3.33. The molecule has 0 aliphatic carbocycles. The lowest BCUT2D eigenvalue weighted by atomic mass is 10.1. The minimum absolute atomic E-state index is 0.0625. The fourth-order valence-electron chi connectivity index (χ4n) is 3.68. The van der Waals surface area contributed by atoms with Crippen LogP contribution in [0, 0.1) is 0 Å². The molecule has 5 heteroatoms. The highest BCUT2D eigenvalue weighted by Crippen LogP contribution is 2.23. The Hall–Kier alpha value is -3.47. The Kier molecular flexibility index (Phi) is 6.18. The number of rotatable bonds is 6. The molecule has 1 amide bonds. The first-order valence-corrected chi connectivity index (χ1v) is 10.2. The van der Waals surface area contributed by atoms with Crippen LogP contribution in [0.2, 0.25) is 0 Å². The van der Waals surface area contributed by atoms with Crippen molar-refractivity contribution in [2.75, 3.05) is 38.2 Å². The quantitative estimate of drug-likeness (QED) is 0.619. The Balaban J connectivity index is 1.40. The lowest BCUT2D eigenvalue weighted by molar-refractivity contribution is 0.0744. The first-order chi connectivity index (χ1) is 14.7. The number of benzene rings is 3. The van der Waals surface area contributed by atoms with Gasteiger partial charge in [0.2, 0.25) is 0 Å². The second-order valence-electron chi connectivity index (χ2n) is 7.24. The maximum absolute atomic E-state index is 13.2. The van der Waals surface area contributed by atoms with Crippen molar-refractivity contribution < 1.29 is 14.3 Å². The second-order valence-corrected chi connectivity index (χ2v) is 7.24. The van der Waals surface area contributed by atoms with Crippen molar-refractivity contribution in [3.8, 4) is 11.5 Å². The van der Waals surface area contributed by atoms with Crippen molar-refractivity contribution in [2.45, 2.75) is 6.61 Å². The summed E-state index contributed by atoms with van der Waals surface area (Å²) >= 11 is 0. The lowest BCUT2D eigenvalue weighted by Gasteiger charge is -2.36. The molecule has 0 unspecified atom stereocenters. The number of methoxy groups -OCH3 is 1. The molecule has 0 radical (unpaired) electrons. The Bertz CT molecular complexity index is 982. The van der Waals surface area contributed by atoms with Gasteiger partial charge in [0.15, 0.2) is 0 Å². The minimum atomic E-state index is 0.0625. The van der Waals surface area contributed by atoms with Crippen LogP contribution in [0.5, 0.6) is 11.5 Å². The van der Waals surface area contributed by atoms with Crippen LogP contribution in [0.1, 0.15) is 15.9 Å². The summed E-state index contributed by atoms with van der Waals surface area (Å²) in [7, 11) is 1.68.